The minimum absolute atomic E-state index is 0.000552. The molecular weight excluding hydrogens is 467 g/mol. The molecule has 0 atom stereocenters. The highest BCUT2D eigenvalue weighted by atomic mass is 35.5. The molecule has 0 aliphatic heterocycles. The first kappa shape index (κ1) is 23.0. The van der Waals surface area contributed by atoms with Crippen LogP contribution in [0.15, 0.2) is 41.6 Å². The molecule has 1 amide bonds. The predicted molar refractivity (Wildman–Crippen MR) is 118 cm³/mol. The number of benzene rings is 2. The number of halogens is 2. The molecule has 0 bridgehead atoms. The van der Waals surface area contributed by atoms with Gasteiger partial charge in [0.15, 0.2) is 6.61 Å². The summed E-state index contributed by atoms with van der Waals surface area (Å²) in [5.41, 5.74) is 0.609. The number of fused-ring (bicyclic) bond motifs is 1. The van der Waals surface area contributed by atoms with Crippen LogP contribution in [0, 0.1) is 0 Å². The number of rotatable bonds is 7. The second-order valence-corrected chi connectivity index (χ2v) is 9.44. The van der Waals surface area contributed by atoms with Gasteiger partial charge in [-0.3, -0.25) is 4.79 Å². The van der Waals surface area contributed by atoms with Gasteiger partial charge in [0.1, 0.15) is 12.1 Å². The Kier molecular flexibility index (Phi) is 6.85. The molecule has 1 aromatic heterocycles. The van der Waals surface area contributed by atoms with Crippen LogP contribution in [-0.2, 0) is 14.8 Å². The fourth-order valence-corrected chi connectivity index (χ4v) is 4.13. The van der Waals surface area contributed by atoms with Gasteiger partial charge < -0.3 is 14.8 Å². The van der Waals surface area contributed by atoms with E-state index in [2.05, 4.69) is 15.3 Å². The number of aromatic nitrogens is 2. The molecule has 12 heteroatoms. The minimum atomic E-state index is -3.69. The maximum absolute atomic E-state index is 12.5. The molecule has 0 unspecified atom stereocenters. The molecular formula is C19H18Cl2N4O5S. The molecule has 1 N–H and O–H groups in total. The zero-order valence-electron chi connectivity index (χ0n) is 16.7. The van der Waals surface area contributed by atoms with Crippen molar-refractivity contribution in [3.8, 4) is 11.6 Å². The fourth-order valence-electron chi connectivity index (χ4n) is 2.66. The van der Waals surface area contributed by atoms with E-state index in [1.54, 1.807) is 6.07 Å². The van der Waals surface area contributed by atoms with Crippen LogP contribution in [-0.4, -0.2) is 56.4 Å². The highest BCUT2D eigenvalue weighted by molar-refractivity contribution is 7.89. The van der Waals surface area contributed by atoms with E-state index in [4.69, 9.17) is 32.7 Å². The van der Waals surface area contributed by atoms with E-state index < -0.39 is 22.5 Å². The molecule has 0 spiro atoms. The van der Waals surface area contributed by atoms with Crippen molar-refractivity contribution in [2.45, 2.75) is 4.90 Å². The topological polar surface area (TPSA) is 111 Å². The summed E-state index contributed by atoms with van der Waals surface area (Å²) < 4.78 is 36.5. The van der Waals surface area contributed by atoms with E-state index >= 15 is 0 Å². The van der Waals surface area contributed by atoms with Crippen LogP contribution >= 0.6 is 23.2 Å². The van der Waals surface area contributed by atoms with Crippen molar-refractivity contribution in [3.63, 3.8) is 0 Å². The summed E-state index contributed by atoms with van der Waals surface area (Å²) in [4.78, 5) is 20.6. The van der Waals surface area contributed by atoms with Gasteiger partial charge in [-0.05, 0) is 30.3 Å². The zero-order chi connectivity index (χ0) is 22.8. The number of hydrogen-bond donors (Lipinski definition) is 1. The van der Waals surface area contributed by atoms with E-state index in [0.29, 0.717) is 20.9 Å². The number of nitrogens with one attached hydrogen (secondary N) is 1. The summed E-state index contributed by atoms with van der Waals surface area (Å²) in [5, 5.41) is 3.72. The van der Waals surface area contributed by atoms with Crippen LogP contribution in [0.25, 0.3) is 10.9 Å². The van der Waals surface area contributed by atoms with Crippen molar-refractivity contribution in [2.75, 3.05) is 33.1 Å². The number of carbonyl (C=O) groups is 1. The Hall–Kier alpha value is -2.66. The maximum atomic E-state index is 12.5. The summed E-state index contributed by atoms with van der Waals surface area (Å²) in [6.45, 7) is -0.413. The number of anilines is 1. The van der Waals surface area contributed by atoms with Crippen molar-refractivity contribution in [2.24, 2.45) is 0 Å². The van der Waals surface area contributed by atoms with Crippen LogP contribution in [0.3, 0.4) is 0 Å². The highest BCUT2D eigenvalue weighted by Gasteiger charge is 2.20. The molecule has 0 radical (unpaired) electrons. The van der Waals surface area contributed by atoms with Gasteiger partial charge in [0.25, 0.3) is 5.91 Å². The average molecular weight is 485 g/mol. The minimum Gasteiger partial charge on any atom is -0.495 e. The summed E-state index contributed by atoms with van der Waals surface area (Å²) >= 11 is 12.2. The van der Waals surface area contributed by atoms with Crippen LogP contribution in [0.2, 0.25) is 10.0 Å². The molecule has 0 saturated heterocycles. The van der Waals surface area contributed by atoms with Crippen LogP contribution in [0.4, 0.5) is 5.69 Å². The Morgan fingerprint density at radius 2 is 1.90 bits per heavy atom. The third-order valence-electron chi connectivity index (χ3n) is 4.18. The van der Waals surface area contributed by atoms with Crippen molar-refractivity contribution in [1.82, 2.24) is 14.3 Å². The Morgan fingerprint density at radius 3 is 2.58 bits per heavy atom. The summed E-state index contributed by atoms with van der Waals surface area (Å²) in [7, 11) is 0.536. The lowest BCUT2D eigenvalue weighted by atomic mass is 10.2. The van der Waals surface area contributed by atoms with E-state index in [9.17, 15) is 13.2 Å². The fraction of sp³-hybridized carbons (Fsp3) is 0.211. The third-order valence-corrected chi connectivity index (χ3v) is 6.50. The summed E-state index contributed by atoms with van der Waals surface area (Å²) in [6.07, 6.45) is 1.26. The number of ether oxygens (including phenoxy) is 2. The molecule has 2 aromatic carbocycles. The van der Waals surface area contributed by atoms with Crippen molar-refractivity contribution < 1.29 is 22.7 Å². The van der Waals surface area contributed by atoms with E-state index in [0.717, 1.165) is 4.31 Å². The van der Waals surface area contributed by atoms with Crippen molar-refractivity contribution >= 4 is 55.7 Å². The lowest BCUT2D eigenvalue weighted by Crippen LogP contribution is -2.23. The monoisotopic (exact) mass is 484 g/mol. The Labute approximate surface area is 188 Å². The Bertz CT molecular complexity index is 1250. The maximum Gasteiger partial charge on any atom is 0.262 e. The second kappa shape index (κ2) is 9.23. The van der Waals surface area contributed by atoms with Crippen molar-refractivity contribution in [1.29, 1.82) is 0 Å². The number of hydrogen-bond acceptors (Lipinski definition) is 7. The largest absolute Gasteiger partial charge is 0.495 e. The van der Waals surface area contributed by atoms with Gasteiger partial charge in [-0.1, -0.05) is 23.2 Å². The normalized spacial score (nSPS) is 11.5. The molecule has 3 rings (SSSR count). The SMILES string of the molecule is COc1ccc(S(=O)(=O)N(C)C)cc1NC(=O)COc1ncnc2c(Cl)cc(Cl)cc12. The first-order valence-electron chi connectivity index (χ1n) is 8.76. The van der Waals surface area contributed by atoms with Gasteiger partial charge in [-0.15, -0.1) is 0 Å². The molecule has 0 aliphatic carbocycles. The lowest BCUT2D eigenvalue weighted by Gasteiger charge is -2.15. The number of amides is 1. The third kappa shape index (κ3) is 4.99. The van der Waals surface area contributed by atoms with Gasteiger partial charge in [-0.2, -0.15) is 0 Å². The Balaban J connectivity index is 1.81. The smallest absolute Gasteiger partial charge is 0.262 e. The predicted octanol–water partition coefficient (Wildman–Crippen LogP) is 3.21. The molecule has 3 aromatic rings. The van der Waals surface area contributed by atoms with Crippen molar-refractivity contribution in [3.05, 3.63) is 46.7 Å². The molecule has 164 valence electrons. The summed E-state index contributed by atoms with van der Waals surface area (Å²) in [5.74, 6) is -0.143. The van der Waals surface area contributed by atoms with Crippen LogP contribution in [0.5, 0.6) is 11.6 Å². The van der Waals surface area contributed by atoms with E-state index in [1.165, 1.54) is 51.8 Å². The standard InChI is InChI=1S/C19H18Cl2N4O5S/c1-25(2)31(27,28)12-4-5-16(29-3)15(8-12)24-17(26)9-30-19-13-6-11(20)7-14(21)18(13)22-10-23-19/h4-8,10H,9H2,1-3H3,(H,24,26). The average Bonchev–Trinajstić information content (AvgIpc) is 2.72. The van der Waals surface area contributed by atoms with Gasteiger partial charge in [0, 0.05) is 19.1 Å². The zero-order valence-corrected chi connectivity index (χ0v) is 19.0. The second-order valence-electron chi connectivity index (χ2n) is 6.45. The van der Waals surface area contributed by atoms with Gasteiger partial charge >= 0.3 is 0 Å². The first-order valence-corrected chi connectivity index (χ1v) is 11.0. The van der Waals surface area contributed by atoms with Gasteiger partial charge in [0.2, 0.25) is 15.9 Å². The van der Waals surface area contributed by atoms with Crippen LogP contribution < -0.4 is 14.8 Å². The van der Waals surface area contributed by atoms with Gasteiger partial charge in [0.05, 0.1) is 33.6 Å². The highest BCUT2D eigenvalue weighted by Crippen LogP contribution is 2.31. The first-order chi connectivity index (χ1) is 14.6. The molecule has 0 fully saturated rings. The number of methoxy groups -OCH3 is 1. The lowest BCUT2D eigenvalue weighted by molar-refractivity contribution is -0.118. The molecule has 31 heavy (non-hydrogen) atoms. The molecule has 0 aliphatic rings. The Morgan fingerprint density at radius 1 is 1.16 bits per heavy atom. The molecule has 0 saturated carbocycles. The number of nitrogens with zero attached hydrogens (tertiary/aromatic N) is 3. The van der Waals surface area contributed by atoms with Gasteiger partial charge in [-0.25, -0.2) is 22.7 Å². The molecule has 1 heterocycles. The number of sulfonamides is 1. The molecule has 9 nitrogen and oxygen atoms in total. The number of carbonyl (C=O) groups excluding carboxylic acids is 1. The van der Waals surface area contributed by atoms with E-state index in [1.807, 2.05) is 0 Å². The summed E-state index contributed by atoms with van der Waals surface area (Å²) in [6, 6.07) is 7.27. The van der Waals surface area contributed by atoms with Crippen LogP contribution in [0.1, 0.15) is 0 Å². The van der Waals surface area contributed by atoms with E-state index in [-0.39, 0.29) is 22.2 Å². The quantitative estimate of drug-likeness (QED) is 0.547.